The summed E-state index contributed by atoms with van der Waals surface area (Å²) in [5, 5.41) is 2.39. The molecule has 1 aliphatic rings. The summed E-state index contributed by atoms with van der Waals surface area (Å²) >= 11 is 7.86. The summed E-state index contributed by atoms with van der Waals surface area (Å²) in [5.74, 6) is -0.269. The molecule has 0 N–H and O–H groups in total. The van der Waals surface area contributed by atoms with E-state index < -0.39 is 0 Å². The Kier molecular flexibility index (Phi) is 6.12. The highest BCUT2D eigenvalue weighted by Crippen LogP contribution is 2.35. The zero-order chi connectivity index (χ0) is 20.4. The number of carbonyl (C=O) groups is 2. The Hall–Kier alpha value is -2.29. The number of amides is 2. The van der Waals surface area contributed by atoms with E-state index in [4.69, 9.17) is 12.2 Å². The summed E-state index contributed by atoms with van der Waals surface area (Å²) in [6.07, 6.45) is 3.35. The van der Waals surface area contributed by atoms with Gasteiger partial charge < -0.3 is 0 Å². The molecular formula is C20H19N3O2S3. The second kappa shape index (κ2) is 8.38. The van der Waals surface area contributed by atoms with Crippen LogP contribution in [0.1, 0.15) is 23.7 Å². The normalized spacial score (nSPS) is 15.4. The number of aromatic nitrogens is 1. The number of benzene rings is 1. The first-order valence-corrected chi connectivity index (χ1v) is 10.6. The van der Waals surface area contributed by atoms with Crippen molar-refractivity contribution in [3.05, 3.63) is 58.0 Å². The maximum atomic E-state index is 12.5. The summed E-state index contributed by atoms with van der Waals surface area (Å²) in [5.41, 5.74) is 3.56. The number of thioether (sulfide) groups is 1. The van der Waals surface area contributed by atoms with E-state index in [1.807, 2.05) is 37.4 Å². The van der Waals surface area contributed by atoms with Gasteiger partial charge in [-0.05, 0) is 37.1 Å². The second-order valence-corrected chi connectivity index (χ2v) is 8.72. The van der Waals surface area contributed by atoms with Crippen molar-refractivity contribution in [1.82, 2.24) is 9.88 Å². The lowest BCUT2D eigenvalue weighted by Crippen LogP contribution is -2.27. The molecule has 0 spiro atoms. The van der Waals surface area contributed by atoms with Crippen molar-refractivity contribution < 1.29 is 9.59 Å². The van der Waals surface area contributed by atoms with Crippen LogP contribution in [-0.4, -0.2) is 32.6 Å². The van der Waals surface area contributed by atoms with Crippen molar-refractivity contribution in [3.8, 4) is 0 Å². The standard InChI is InChI=1S/C20H19N3O2S3/c1-5-9-22-18(25)17(28-20(22)26)10-15-11-27-19(21-15)23(14(4)24)16-8-6-7-12(2)13(16)3/h5-8,10-11H,1,9H2,2-4H3. The largest absolute Gasteiger partial charge is 0.289 e. The van der Waals surface area contributed by atoms with Crippen LogP contribution in [-0.2, 0) is 9.59 Å². The summed E-state index contributed by atoms with van der Waals surface area (Å²) in [6, 6.07) is 5.84. The Morgan fingerprint density at radius 3 is 2.82 bits per heavy atom. The topological polar surface area (TPSA) is 53.5 Å². The third-order valence-corrected chi connectivity index (χ3v) is 6.52. The van der Waals surface area contributed by atoms with Gasteiger partial charge in [0.25, 0.3) is 5.91 Å². The number of hydrogen-bond acceptors (Lipinski definition) is 6. The first kappa shape index (κ1) is 20.4. The average molecular weight is 430 g/mol. The highest BCUT2D eigenvalue weighted by molar-refractivity contribution is 8.26. The maximum Gasteiger partial charge on any atom is 0.266 e. The fourth-order valence-corrected chi connectivity index (χ4v) is 4.85. The monoisotopic (exact) mass is 429 g/mol. The van der Waals surface area contributed by atoms with E-state index >= 15 is 0 Å². The minimum absolute atomic E-state index is 0.119. The van der Waals surface area contributed by atoms with Gasteiger partial charge in [0.1, 0.15) is 4.32 Å². The van der Waals surface area contributed by atoms with E-state index in [0.717, 1.165) is 16.8 Å². The lowest BCUT2D eigenvalue weighted by atomic mass is 10.1. The van der Waals surface area contributed by atoms with Crippen LogP contribution in [0.4, 0.5) is 10.8 Å². The third kappa shape index (κ3) is 3.94. The second-order valence-electron chi connectivity index (χ2n) is 6.21. The lowest BCUT2D eigenvalue weighted by molar-refractivity contribution is -0.121. The highest BCUT2D eigenvalue weighted by Gasteiger charge is 2.31. The van der Waals surface area contributed by atoms with Crippen LogP contribution < -0.4 is 4.90 Å². The van der Waals surface area contributed by atoms with Crippen LogP contribution in [0.25, 0.3) is 6.08 Å². The molecule has 2 amide bonds. The molecule has 1 saturated heterocycles. The molecule has 3 rings (SSSR count). The number of carbonyl (C=O) groups excluding carboxylic acids is 2. The quantitative estimate of drug-likeness (QED) is 0.387. The van der Waals surface area contributed by atoms with E-state index in [1.54, 1.807) is 17.1 Å². The van der Waals surface area contributed by atoms with Crippen molar-refractivity contribution in [2.45, 2.75) is 20.8 Å². The Labute approximate surface area is 177 Å². The SMILES string of the molecule is C=CCN1C(=O)C(=Cc2csc(N(C(C)=O)c3cccc(C)c3C)n2)SC1=S. The molecule has 1 fully saturated rings. The summed E-state index contributed by atoms with van der Waals surface area (Å²) in [6.45, 7) is 9.55. The molecule has 144 valence electrons. The Bertz CT molecular complexity index is 1010. The molecule has 1 aromatic carbocycles. The molecule has 1 aromatic heterocycles. The van der Waals surface area contributed by atoms with Crippen LogP contribution >= 0.6 is 35.3 Å². The first-order valence-electron chi connectivity index (χ1n) is 8.52. The van der Waals surface area contributed by atoms with Crippen molar-refractivity contribution in [2.24, 2.45) is 0 Å². The maximum absolute atomic E-state index is 12.5. The zero-order valence-corrected chi connectivity index (χ0v) is 18.2. The van der Waals surface area contributed by atoms with Gasteiger partial charge in [0.05, 0.1) is 16.3 Å². The number of thiazole rings is 1. The van der Waals surface area contributed by atoms with Gasteiger partial charge in [-0.2, -0.15) is 0 Å². The fourth-order valence-electron chi connectivity index (χ4n) is 2.75. The molecule has 0 radical (unpaired) electrons. The van der Waals surface area contributed by atoms with Crippen LogP contribution in [0, 0.1) is 13.8 Å². The molecular weight excluding hydrogens is 410 g/mol. The molecule has 0 bridgehead atoms. The van der Waals surface area contributed by atoms with E-state index in [0.29, 0.717) is 26.6 Å². The number of thiocarbonyl (C=S) groups is 1. The number of anilines is 2. The van der Waals surface area contributed by atoms with Crippen molar-refractivity contribution in [2.75, 3.05) is 11.4 Å². The predicted octanol–water partition coefficient (Wildman–Crippen LogP) is 4.83. The smallest absolute Gasteiger partial charge is 0.266 e. The summed E-state index contributed by atoms with van der Waals surface area (Å²) in [4.78, 5) is 33.0. The molecule has 8 heteroatoms. The molecule has 0 atom stereocenters. The molecule has 0 unspecified atom stereocenters. The van der Waals surface area contributed by atoms with Crippen molar-refractivity contribution in [3.63, 3.8) is 0 Å². The van der Waals surface area contributed by atoms with Crippen LogP contribution in [0.2, 0.25) is 0 Å². The predicted molar refractivity (Wildman–Crippen MR) is 121 cm³/mol. The third-order valence-electron chi connectivity index (χ3n) is 4.30. The molecule has 2 aromatic rings. The number of aryl methyl sites for hydroxylation is 1. The summed E-state index contributed by atoms with van der Waals surface area (Å²) in [7, 11) is 0. The van der Waals surface area contributed by atoms with Crippen LogP contribution in [0.15, 0.2) is 41.1 Å². The molecule has 0 saturated carbocycles. The van der Waals surface area contributed by atoms with Gasteiger partial charge in [0, 0.05) is 18.8 Å². The fraction of sp³-hybridized carbons (Fsp3) is 0.200. The Balaban J connectivity index is 1.93. The van der Waals surface area contributed by atoms with Crippen LogP contribution in [0.5, 0.6) is 0 Å². The van der Waals surface area contributed by atoms with Crippen LogP contribution in [0.3, 0.4) is 0 Å². The van der Waals surface area contributed by atoms with Gasteiger partial charge in [-0.3, -0.25) is 19.4 Å². The zero-order valence-electron chi connectivity index (χ0n) is 15.8. The molecule has 5 nitrogen and oxygen atoms in total. The Morgan fingerprint density at radius 1 is 1.39 bits per heavy atom. The molecule has 0 aliphatic carbocycles. The molecule has 28 heavy (non-hydrogen) atoms. The van der Waals surface area contributed by atoms with E-state index in [1.165, 1.54) is 34.9 Å². The average Bonchev–Trinajstić information content (AvgIpc) is 3.19. The van der Waals surface area contributed by atoms with Gasteiger partial charge in [0.15, 0.2) is 5.13 Å². The van der Waals surface area contributed by atoms with E-state index in [-0.39, 0.29) is 11.8 Å². The highest BCUT2D eigenvalue weighted by atomic mass is 32.2. The van der Waals surface area contributed by atoms with E-state index in [2.05, 4.69) is 11.6 Å². The number of hydrogen-bond donors (Lipinski definition) is 0. The van der Waals surface area contributed by atoms with Crippen molar-refractivity contribution >= 4 is 68.3 Å². The first-order chi connectivity index (χ1) is 13.3. The Morgan fingerprint density at radius 2 is 2.14 bits per heavy atom. The van der Waals surface area contributed by atoms with Gasteiger partial charge >= 0.3 is 0 Å². The number of nitrogens with zero attached hydrogens (tertiary/aromatic N) is 3. The van der Waals surface area contributed by atoms with Crippen molar-refractivity contribution in [1.29, 1.82) is 0 Å². The van der Waals surface area contributed by atoms with Gasteiger partial charge in [-0.25, -0.2) is 4.98 Å². The molecule has 1 aliphatic heterocycles. The molecule has 2 heterocycles. The van der Waals surface area contributed by atoms with Gasteiger partial charge in [-0.1, -0.05) is 42.2 Å². The minimum Gasteiger partial charge on any atom is -0.289 e. The van der Waals surface area contributed by atoms with Gasteiger partial charge in [-0.15, -0.1) is 17.9 Å². The van der Waals surface area contributed by atoms with E-state index in [9.17, 15) is 9.59 Å². The number of rotatable bonds is 5. The minimum atomic E-state index is -0.151. The van der Waals surface area contributed by atoms with Gasteiger partial charge in [0.2, 0.25) is 5.91 Å². The summed E-state index contributed by atoms with van der Waals surface area (Å²) < 4.78 is 0.507. The lowest BCUT2D eigenvalue weighted by Gasteiger charge is -2.21.